The topological polar surface area (TPSA) is 9.23 Å². The molecule has 1 unspecified atom stereocenters. The first-order valence-electron chi connectivity index (χ1n) is 7.64. The molecule has 0 radical (unpaired) electrons. The predicted molar refractivity (Wildman–Crippen MR) is 79.9 cm³/mol. The van der Waals surface area contributed by atoms with Crippen molar-refractivity contribution in [2.75, 3.05) is 0 Å². The molecule has 0 saturated heterocycles. The Labute approximate surface area is 114 Å². The summed E-state index contributed by atoms with van der Waals surface area (Å²) in [6.45, 7) is 10.9. The highest BCUT2D eigenvalue weighted by atomic mass is 16.5. The van der Waals surface area contributed by atoms with Crippen molar-refractivity contribution in [3.8, 4) is 0 Å². The van der Waals surface area contributed by atoms with Gasteiger partial charge in [-0.3, -0.25) is 0 Å². The van der Waals surface area contributed by atoms with E-state index in [0.29, 0.717) is 0 Å². The lowest BCUT2D eigenvalue weighted by Crippen LogP contribution is -2.35. The molecular formula is C17H32O. The van der Waals surface area contributed by atoms with Crippen molar-refractivity contribution in [1.29, 1.82) is 0 Å². The lowest BCUT2D eigenvalue weighted by molar-refractivity contribution is -0.118. The fraction of sp³-hybridized carbons (Fsp3) is 0.882. The Kier molecular flexibility index (Phi) is 5.91. The van der Waals surface area contributed by atoms with E-state index in [1.54, 1.807) is 0 Å². The number of ether oxygens (including phenoxy) is 1. The molecule has 1 aliphatic carbocycles. The van der Waals surface area contributed by atoms with Crippen LogP contribution >= 0.6 is 0 Å². The van der Waals surface area contributed by atoms with Crippen molar-refractivity contribution >= 4 is 0 Å². The molecule has 0 amide bonds. The van der Waals surface area contributed by atoms with Crippen LogP contribution in [0.1, 0.15) is 79.6 Å². The fourth-order valence-corrected chi connectivity index (χ4v) is 2.96. The van der Waals surface area contributed by atoms with E-state index in [4.69, 9.17) is 4.74 Å². The van der Waals surface area contributed by atoms with Gasteiger partial charge in [0.15, 0.2) is 0 Å². The minimum absolute atomic E-state index is 0.0104. The van der Waals surface area contributed by atoms with Gasteiger partial charge in [0.1, 0.15) is 0 Å². The van der Waals surface area contributed by atoms with Gasteiger partial charge in [-0.25, -0.2) is 0 Å². The highest BCUT2D eigenvalue weighted by Gasteiger charge is 2.26. The standard InChI is InChI=1S/C17H32O/c1-16(2,3)18-17(4,5)14-13-15-11-9-7-6-8-10-12-15/h6-7,15H,8-14H2,1-5H3/b7-6+. The number of rotatable bonds is 4. The van der Waals surface area contributed by atoms with Crippen LogP contribution in [0.25, 0.3) is 0 Å². The number of allylic oxidation sites excluding steroid dienone is 2. The zero-order valence-electron chi connectivity index (χ0n) is 13.1. The van der Waals surface area contributed by atoms with Crippen LogP contribution in [0.5, 0.6) is 0 Å². The molecule has 1 heteroatoms. The van der Waals surface area contributed by atoms with Gasteiger partial charge in [0.05, 0.1) is 11.2 Å². The number of hydrogen-bond donors (Lipinski definition) is 0. The van der Waals surface area contributed by atoms with Crippen LogP contribution < -0.4 is 0 Å². The molecule has 0 fully saturated rings. The summed E-state index contributed by atoms with van der Waals surface area (Å²) in [6.07, 6.45) is 13.9. The van der Waals surface area contributed by atoms with Crippen LogP contribution in [0.15, 0.2) is 12.2 Å². The van der Waals surface area contributed by atoms with Crippen LogP contribution in [0, 0.1) is 5.92 Å². The Hall–Kier alpha value is -0.300. The normalized spacial score (nSPS) is 24.4. The number of hydrogen-bond acceptors (Lipinski definition) is 1. The highest BCUT2D eigenvalue weighted by Crippen LogP contribution is 2.30. The molecule has 0 heterocycles. The van der Waals surface area contributed by atoms with E-state index in [9.17, 15) is 0 Å². The highest BCUT2D eigenvalue weighted by molar-refractivity contribution is 4.85. The van der Waals surface area contributed by atoms with Gasteiger partial charge < -0.3 is 4.74 Å². The Morgan fingerprint density at radius 3 is 2.33 bits per heavy atom. The second kappa shape index (κ2) is 6.75. The third kappa shape index (κ3) is 7.20. The smallest absolute Gasteiger partial charge is 0.0633 e. The molecule has 1 aliphatic rings. The van der Waals surface area contributed by atoms with Crippen molar-refractivity contribution < 1.29 is 4.74 Å². The second-order valence-electron chi connectivity index (χ2n) is 7.36. The van der Waals surface area contributed by atoms with Gasteiger partial charge in [0.25, 0.3) is 0 Å². The molecule has 0 aliphatic heterocycles. The van der Waals surface area contributed by atoms with Crippen molar-refractivity contribution in [3.05, 3.63) is 12.2 Å². The summed E-state index contributed by atoms with van der Waals surface area (Å²) in [5.74, 6) is 0.901. The molecule has 18 heavy (non-hydrogen) atoms. The van der Waals surface area contributed by atoms with Gasteiger partial charge in [-0.05, 0) is 79.1 Å². The van der Waals surface area contributed by atoms with E-state index >= 15 is 0 Å². The van der Waals surface area contributed by atoms with Gasteiger partial charge in [-0.2, -0.15) is 0 Å². The SMILES string of the molecule is CC(C)(C)OC(C)(C)CCC1CC/C=C/CCC1. The molecule has 0 N–H and O–H groups in total. The van der Waals surface area contributed by atoms with Crippen LogP contribution in [0.4, 0.5) is 0 Å². The first-order valence-corrected chi connectivity index (χ1v) is 7.64. The Bertz CT molecular complexity index is 257. The summed E-state index contributed by atoms with van der Waals surface area (Å²) in [5.41, 5.74) is -0.0242. The first kappa shape index (κ1) is 15.8. The zero-order valence-corrected chi connectivity index (χ0v) is 13.1. The Balaban J connectivity index is 2.36. The third-order valence-electron chi connectivity index (χ3n) is 3.63. The molecule has 0 bridgehead atoms. The van der Waals surface area contributed by atoms with Gasteiger partial charge in [-0.1, -0.05) is 18.6 Å². The molecule has 1 rings (SSSR count). The maximum absolute atomic E-state index is 6.16. The van der Waals surface area contributed by atoms with Crippen LogP contribution in [-0.4, -0.2) is 11.2 Å². The van der Waals surface area contributed by atoms with Gasteiger partial charge >= 0.3 is 0 Å². The molecule has 0 saturated carbocycles. The zero-order chi connectivity index (χ0) is 13.6. The maximum Gasteiger partial charge on any atom is 0.0633 e. The van der Waals surface area contributed by atoms with E-state index in [0.717, 1.165) is 5.92 Å². The van der Waals surface area contributed by atoms with Gasteiger partial charge in [0, 0.05) is 0 Å². The predicted octanol–water partition coefficient (Wildman–Crippen LogP) is 5.50. The summed E-state index contributed by atoms with van der Waals surface area (Å²) >= 11 is 0. The van der Waals surface area contributed by atoms with Crippen LogP contribution in [0.2, 0.25) is 0 Å². The fourth-order valence-electron chi connectivity index (χ4n) is 2.96. The molecule has 0 spiro atoms. The minimum atomic E-state index is -0.0346. The third-order valence-corrected chi connectivity index (χ3v) is 3.63. The molecule has 1 atom stereocenters. The first-order chi connectivity index (χ1) is 8.29. The monoisotopic (exact) mass is 252 g/mol. The largest absolute Gasteiger partial charge is 0.370 e. The molecule has 0 aromatic heterocycles. The molecule has 1 nitrogen and oxygen atoms in total. The Morgan fingerprint density at radius 1 is 1.00 bits per heavy atom. The van der Waals surface area contributed by atoms with Crippen LogP contribution in [0.3, 0.4) is 0 Å². The van der Waals surface area contributed by atoms with E-state index in [1.807, 2.05) is 0 Å². The summed E-state index contributed by atoms with van der Waals surface area (Å²) in [7, 11) is 0. The second-order valence-corrected chi connectivity index (χ2v) is 7.36. The average molecular weight is 252 g/mol. The van der Waals surface area contributed by atoms with Crippen molar-refractivity contribution in [2.45, 2.75) is 90.8 Å². The van der Waals surface area contributed by atoms with E-state index in [-0.39, 0.29) is 11.2 Å². The van der Waals surface area contributed by atoms with Crippen LogP contribution in [-0.2, 0) is 4.74 Å². The summed E-state index contributed by atoms with van der Waals surface area (Å²) < 4.78 is 6.16. The summed E-state index contributed by atoms with van der Waals surface area (Å²) in [4.78, 5) is 0. The summed E-state index contributed by atoms with van der Waals surface area (Å²) in [6, 6.07) is 0. The van der Waals surface area contributed by atoms with Crippen molar-refractivity contribution in [3.63, 3.8) is 0 Å². The van der Waals surface area contributed by atoms with E-state index < -0.39 is 0 Å². The summed E-state index contributed by atoms with van der Waals surface area (Å²) in [5, 5.41) is 0. The molecule has 106 valence electrons. The average Bonchev–Trinajstić information content (AvgIpc) is 2.11. The lowest BCUT2D eigenvalue weighted by Gasteiger charge is -2.35. The minimum Gasteiger partial charge on any atom is -0.370 e. The quantitative estimate of drug-likeness (QED) is 0.601. The lowest BCUT2D eigenvalue weighted by atomic mass is 9.86. The molecular weight excluding hydrogens is 220 g/mol. The molecule has 0 aromatic carbocycles. The molecule has 0 aromatic rings. The van der Waals surface area contributed by atoms with Crippen molar-refractivity contribution in [1.82, 2.24) is 0 Å². The van der Waals surface area contributed by atoms with E-state index in [2.05, 4.69) is 46.8 Å². The van der Waals surface area contributed by atoms with E-state index in [1.165, 1.54) is 44.9 Å². The van der Waals surface area contributed by atoms with Gasteiger partial charge in [0.2, 0.25) is 0 Å². The van der Waals surface area contributed by atoms with Crippen molar-refractivity contribution in [2.24, 2.45) is 5.92 Å². The van der Waals surface area contributed by atoms with Gasteiger partial charge in [-0.15, -0.1) is 0 Å². The maximum atomic E-state index is 6.16. The Morgan fingerprint density at radius 2 is 1.67 bits per heavy atom.